The summed E-state index contributed by atoms with van der Waals surface area (Å²) in [6.45, 7) is 4.33. The van der Waals surface area contributed by atoms with E-state index in [-0.39, 0.29) is 0 Å². The molecular formula is C20H21N2+. The summed E-state index contributed by atoms with van der Waals surface area (Å²) in [6, 6.07) is 17.2. The van der Waals surface area contributed by atoms with Crippen LogP contribution < -0.4 is 4.57 Å². The van der Waals surface area contributed by atoms with E-state index in [1.54, 1.807) is 0 Å². The minimum Gasteiger partial charge on any atom is -0.248 e. The summed E-state index contributed by atoms with van der Waals surface area (Å²) in [5, 5.41) is 0. The fourth-order valence-corrected chi connectivity index (χ4v) is 2.91. The molecule has 0 aliphatic rings. The van der Waals surface area contributed by atoms with Gasteiger partial charge in [0, 0.05) is 0 Å². The lowest BCUT2D eigenvalue weighted by Gasteiger charge is -2.10. The molecule has 0 radical (unpaired) electrons. The molecule has 0 spiro atoms. The van der Waals surface area contributed by atoms with E-state index in [0.29, 0.717) is 0 Å². The van der Waals surface area contributed by atoms with Gasteiger partial charge in [-0.25, -0.2) is 4.98 Å². The van der Waals surface area contributed by atoms with Crippen LogP contribution in [0, 0.1) is 6.92 Å². The van der Waals surface area contributed by atoms with Gasteiger partial charge >= 0.3 is 0 Å². The highest BCUT2D eigenvalue weighted by atomic mass is 15.0. The van der Waals surface area contributed by atoms with Crippen LogP contribution in [0.3, 0.4) is 0 Å². The average molecular weight is 289 g/mol. The first-order valence-corrected chi connectivity index (χ1v) is 7.70. The third kappa shape index (κ3) is 2.64. The number of nitrogens with zero attached hydrogens (tertiary/aromatic N) is 2. The summed E-state index contributed by atoms with van der Waals surface area (Å²) in [7, 11) is 2.08. The number of rotatable bonds is 3. The summed E-state index contributed by atoms with van der Waals surface area (Å²) >= 11 is 0. The molecule has 0 saturated heterocycles. The molecule has 2 nitrogen and oxygen atoms in total. The molecule has 0 aliphatic heterocycles. The molecule has 0 saturated carbocycles. The Morgan fingerprint density at radius 1 is 1.00 bits per heavy atom. The minimum atomic E-state index is 0.934. The third-order valence-electron chi connectivity index (χ3n) is 4.07. The van der Waals surface area contributed by atoms with Crippen LogP contribution in [0.25, 0.3) is 22.4 Å². The Morgan fingerprint density at radius 2 is 1.77 bits per heavy atom. The van der Waals surface area contributed by atoms with Crippen LogP contribution in [-0.4, -0.2) is 4.98 Å². The van der Waals surface area contributed by atoms with E-state index in [4.69, 9.17) is 0 Å². The monoisotopic (exact) mass is 289 g/mol. The van der Waals surface area contributed by atoms with Gasteiger partial charge in [0.2, 0.25) is 5.69 Å². The molecule has 1 heterocycles. The second kappa shape index (κ2) is 6.10. The van der Waals surface area contributed by atoms with Crippen LogP contribution >= 0.6 is 0 Å². The van der Waals surface area contributed by atoms with Crippen molar-refractivity contribution in [3.05, 3.63) is 72.2 Å². The molecule has 0 amide bonds. The first-order chi connectivity index (χ1) is 10.7. The van der Waals surface area contributed by atoms with Crippen LogP contribution in [-0.2, 0) is 13.5 Å². The van der Waals surface area contributed by atoms with Crippen molar-refractivity contribution < 1.29 is 4.57 Å². The number of hydrogen-bond donors (Lipinski definition) is 0. The number of aromatic nitrogens is 2. The first-order valence-electron chi connectivity index (χ1n) is 7.70. The summed E-state index contributed by atoms with van der Waals surface area (Å²) in [5.41, 5.74) is 7.39. The molecule has 0 bridgehead atoms. The normalized spacial score (nSPS) is 10.7. The van der Waals surface area contributed by atoms with E-state index in [0.717, 1.165) is 12.1 Å². The average Bonchev–Trinajstić information content (AvgIpc) is 2.56. The summed E-state index contributed by atoms with van der Waals surface area (Å²) < 4.78 is 2.16. The van der Waals surface area contributed by atoms with Crippen molar-refractivity contribution in [2.75, 3.05) is 0 Å². The topological polar surface area (TPSA) is 16.8 Å². The molecular weight excluding hydrogens is 268 g/mol. The molecule has 0 fully saturated rings. The molecule has 2 aromatic carbocycles. The second-order valence-electron chi connectivity index (χ2n) is 5.58. The van der Waals surface area contributed by atoms with Crippen molar-refractivity contribution in [1.82, 2.24) is 4.98 Å². The standard InChI is InChI=1S/C20H21N2/c1-4-19-20(22(3)13-12-21-19)18-11-10-17(14-15(18)2)16-8-6-5-7-9-16/h5-14H,4H2,1-3H3/q+1. The lowest BCUT2D eigenvalue weighted by atomic mass is 9.97. The van der Waals surface area contributed by atoms with Gasteiger partial charge in [0.1, 0.15) is 12.7 Å². The summed E-state index contributed by atoms with van der Waals surface area (Å²) in [4.78, 5) is 4.54. The minimum absolute atomic E-state index is 0.934. The number of aryl methyl sites for hydroxylation is 3. The van der Waals surface area contributed by atoms with Gasteiger partial charge in [-0.15, -0.1) is 0 Å². The van der Waals surface area contributed by atoms with Crippen LogP contribution in [0.15, 0.2) is 60.9 Å². The lowest BCUT2D eigenvalue weighted by molar-refractivity contribution is -0.661. The molecule has 0 atom stereocenters. The van der Waals surface area contributed by atoms with E-state index in [1.165, 1.54) is 27.9 Å². The third-order valence-corrected chi connectivity index (χ3v) is 4.07. The van der Waals surface area contributed by atoms with Crippen LogP contribution in [0.4, 0.5) is 0 Å². The second-order valence-corrected chi connectivity index (χ2v) is 5.58. The zero-order chi connectivity index (χ0) is 15.5. The van der Waals surface area contributed by atoms with Gasteiger partial charge in [-0.05, 0) is 36.1 Å². The Kier molecular flexibility index (Phi) is 4.01. The highest BCUT2D eigenvalue weighted by molar-refractivity contribution is 5.71. The van der Waals surface area contributed by atoms with E-state index < -0.39 is 0 Å². The Labute approximate surface area is 132 Å². The maximum Gasteiger partial charge on any atom is 0.234 e. The quantitative estimate of drug-likeness (QED) is 0.663. The van der Waals surface area contributed by atoms with Gasteiger partial charge in [0.25, 0.3) is 0 Å². The maximum atomic E-state index is 4.54. The molecule has 22 heavy (non-hydrogen) atoms. The van der Waals surface area contributed by atoms with Crippen LogP contribution in [0.5, 0.6) is 0 Å². The molecule has 3 aromatic rings. The highest BCUT2D eigenvalue weighted by Gasteiger charge is 2.18. The smallest absolute Gasteiger partial charge is 0.234 e. The molecule has 110 valence electrons. The van der Waals surface area contributed by atoms with Crippen LogP contribution in [0.1, 0.15) is 18.2 Å². The Bertz CT molecular complexity index is 792. The first kappa shape index (κ1) is 14.5. The summed E-state index contributed by atoms with van der Waals surface area (Å²) in [5.74, 6) is 0. The molecule has 1 aromatic heterocycles. The van der Waals surface area contributed by atoms with Gasteiger partial charge in [-0.3, -0.25) is 0 Å². The van der Waals surface area contributed by atoms with Crippen molar-refractivity contribution in [3.8, 4) is 22.4 Å². The Balaban J connectivity index is 2.11. The van der Waals surface area contributed by atoms with Gasteiger partial charge in [0.05, 0.1) is 11.8 Å². The van der Waals surface area contributed by atoms with Crippen molar-refractivity contribution in [2.24, 2.45) is 7.05 Å². The fourth-order valence-electron chi connectivity index (χ4n) is 2.91. The summed E-state index contributed by atoms with van der Waals surface area (Å²) in [6.07, 6.45) is 4.82. The van der Waals surface area contributed by atoms with E-state index in [1.807, 2.05) is 18.5 Å². The van der Waals surface area contributed by atoms with E-state index in [2.05, 4.69) is 72.9 Å². The lowest BCUT2D eigenvalue weighted by Crippen LogP contribution is -2.32. The number of benzene rings is 2. The molecule has 0 unspecified atom stereocenters. The molecule has 2 heteroatoms. The van der Waals surface area contributed by atoms with Gasteiger partial charge in [-0.2, -0.15) is 4.57 Å². The van der Waals surface area contributed by atoms with E-state index >= 15 is 0 Å². The molecule has 0 N–H and O–H groups in total. The van der Waals surface area contributed by atoms with Gasteiger partial charge in [-0.1, -0.05) is 49.4 Å². The van der Waals surface area contributed by atoms with Crippen LogP contribution in [0.2, 0.25) is 0 Å². The maximum absolute atomic E-state index is 4.54. The predicted octanol–water partition coefficient (Wildman–Crippen LogP) is 4.11. The van der Waals surface area contributed by atoms with Gasteiger partial charge in [0.15, 0.2) is 6.20 Å². The SMILES string of the molecule is CCc1ncc[n+](C)c1-c1ccc(-c2ccccc2)cc1C. The van der Waals surface area contributed by atoms with Crippen molar-refractivity contribution in [1.29, 1.82) is 0 Å². The fraction of sp³-hybridized carbons (Fsp3) is 0.200. The predicted molar refractivity (Wildman–Crippen MR) is 90.4 cm³/mol. The Hall–Kier alpha value is -2.48. The van der Waals surface area contributed by atoms with Gasteiger partial charge < -0.3 is 0 Å². The molecule has 3 rings (SSSR count). The Morgan fingerprint density at radius 3 is 2.45 bits per heavy atom. The zero-order valence-corrected chi connectivity index (χ0v) is 13.4. The highest BCUT2D eigenvalue weighted by Crippen LogP contribution is 2.28. The van der Waals surface area contributed by atoms with E-state index in [9.17, 15) is 0 Å². The largest absolute Gasteiger partial charge is 0.248 e. The van der Waals surface area contributed by atoms with Crippen molar-refractivity contribution in [3.63, 3.8) is 0 Å². The molecule has 0 aliphatic carbocycles. The number of hydrogen-bond acceptors (Lipinski definition) is 1. The van der Waals surface area contributed by atoms with Crippen molar-refractivity contribution >= 4 is 0 Å². The van der Waals surface area contributed by atoms with Crippen molar-refractivity contribution in [2.45, 2.75) is 20.3 Å². The zero-order valence-electron chi connectivity index (χ0n) is 13.4.